The fourth-order valence-electron chi connectivity index (χ4n) is 5.62. The van der Waals surface area contributed by atoms with Crippen LogP contribution in [0.2, 0.25) is 0 Å². The monoisotopic (exact) mass is 464 g/mol. The fraction of sp³-hybridized carbons (Fsp3) is 0.600. The number of aliphatic hydroxyl groups is 1. The van der Waals surface area contributed by atoms with Crippen molar-refractivity contribution in [3.63, 3.8) is 0 Å². The van der Waals surface area contributed by atoms with Gasteiger partial charge >= 0.3 is 0 Å². The Morgan fingerprint density at radius 2 is 1.62 bits per heavy atom. The molecule has 2 aromatic rings. The molecule has 2 atom stereocenters. The normalized spacial score (nSPS) is 23.6. The molecule has 1 unspecified atom stereocenters. The van der Waals surface area contributed by atoms with Crippen LogP contribution in [0, 0.1) is 11.8 Å². The van der Waals surface area contributed by atoms with Gasteiger partial charge in [-0.3, -0.25) is 4.90 Å². The SMILES string of the molecule is CN1CCC(C2CCN(Cc3cc(C(C)(C)C)ccc3OCc3ccccc3)CC[C@@H]2O)CC1. The second-order valence-electron chi connectivity index (χ2n) is 11.6. The molecule has 0 saturated carbocycles. The second kappa shape index (κ2) is 11.2. The topological polar surface area (TPSA) is 35.9 Å². The summed E-state index contributed by atoms with van der Waals surface area (Å²) in [5.74, 6) is 2.09. The average molecular weight is 465 g/mol. The highest BCUT2D eigenvalue weighted by Gasteiger charge is 2.33. The Labute approximate surface area is 206 Å². The Balaban J connectivity index is 1.46. The highest BCUT2D eigenvalue weighted by atomic mass is 16.5. The zero-order chi connectivity index (χ0) is 24.1. The number of rotatable bonds is 6. The lowest BCUT2D eigenvalue weighted by Crippen LogP contribution is -2.37. The molecule has 186 valence electrons. The van der Waals surface area contributed by atoms with E-state index in [1.54, 1.807) is 0 Å². The van der Waals surface area contributed by atoms with E-state index in [2.05, 4.69) is 80.1 Å². The van der Waals surface area contributed by atoms with Gasteiger partial charge in [-0.25, -0.2) is 0 Å². The van der Waals surface area contributed by atoms with Crippen LogP contribution >= 0.6 is 0 Å². The molecule has 0 bridgehead atoms. The predicted molar refractivity (Wildman–Crippen MR) is 140 cm³/mol. The molecule has 2 heterocycles. The van der Waals surface area contributed by atoms with Crippen LogP contribution in [0.25, 0.3) is 0 Å². The Morgan fingerprint density at radius 3 is 2.32 bits per heavy atom. The molecule has 0 spiro atoms. The Hall–Kier alpha value is -1.88. The first-order chi connectivity index (χ1) is 16.3. The van der Waals surface area contributed by atoms with Gasteiger partial charge in [0.1, 0.15) is 12.4 Å². The van der Waals surface area contributed by atoms with Crippen molar-refractivity contribution in [2.24, 2.45) is 11.8 Å². The van der Waals surface area contributed by atoms with Crippen molar-refractivity contribution in [2.45, 2.75) is 71.1 Å². The van der Waals surface area contributed by atoms with Crippen LogP contribution in [0.15, 0.2) is 48.5 Å². The molecule has 4 nitrogen and oxygen atoms in total. The quantitative estimate of drug-likeness (QED) is 0.614. The average Bonchev–Trinajstić information content (AvgIpc) is 3.00. The van der Waals surface area contributed by atoms with Gasteiger partial charge in [0.05, 0.1) is 6.10 Å². The first kappa shape index (κ1) is 25.2. The summed E-state index contributed by atoms with van der Waals surface area (Å²) >= 11 is 0. The van der Waals surface area contributed by atoms with Gasteiger partial charge in [0, 0.05) is 18.7 Å². The summed E-state index contributed by atoms with van der Waals surface area (Å²) < 4.78 is 6.33. The van der Waals surface area contributed by atoms with Gasteiger partial charge in [0.15, 0.2) is 0 Å². The lowest BCUT2D eigenvalue weighted by Gasteiger charge is -2.35. The molecule has 0 amide bonds. The minimum absolute atomic E-state index is 0.0981. The minimum Gasteiger partial charge on any atom is -0.489 e. The van der Waals surface area contributed by atoms with E-state index in [0.29, 0.717) is 18.4 Å². The van der Waals surface area contributed by atoms with Crippen LogP contribution in [0.1, 0.15) is 63.1 Å². The first-order valence-corrected chi connectivity index (χ1v) is 13.2. The predicted octanol–water partition coefficient (Wildman–Crippen LogP) is 5.48. The number of ether oxygens (including phenoxy) is 1. The highest BCUT2D eigenvalue weighted by Crippen LogP contribution is 2.34. The zero-order valence-corrected chi connectivity index (χ0v) is 21.7. The van der Waals surface area contributed by atoms with Crippen molar-refractivity contribution in [1.29, 1.82) is 0 Å². The van der Waals surface area contributed by atoms with Gasteiger partial charge in [0.2, 0.25) is 0 Å². The van der Waals surface area contributed by atoms with Crippen molar-refractivity contribution < 1.29 is 9.84 Å². The maximum Gasteiger partial charge on any atom is 0.124 e. The van der Waals surface area contributed by atoms with Gasteiger partial charge in [-0.2, -0.15) is 0 Å². The van der Waals surface area contributed by atoms with Crippen molar-refractivity contribution in [2.75, 3.05) is 33.2 Å². The summed E-state index contributed by atoms with van der Waals surface area (Å²) in [4.78, 5) is 4.96. The molecule has 0 aromatic heterocycles. The van der Waals surface area contributed by atoms with E-state index in [0.717, 1.165) is 38.2 Å². The molecule has 0 aliphatic carbocycles. The third-order valence-corrected chi connectivity index (χ3v) is 7.94. The summed E-state index contributed by atoms with van der Waals surface area (Å²) in [7, 11) is 2.21. The van der Waals surface area contributed by atoms with Crippen LogP contribution in [0.5, 0.6) is 5.75 Å². The molecule has 34 heavy (non-hydrogen) atoms. The van der Waals surface area contributed by atoms with Crippen molar-refractivity contribution in [1.82, 2.24) is 9.80 Å². The Bertz CT molecular complexity index is 900. The molecule has 0 radical (unpaired) electrons. The van der Waals surface area contributed by atoms with Crippen LogP contribution < -0.4 is 4.74 Å². The third kappa shape index (κ3) is 6.62. The molecule has 2 aromatic carbocycles. The van der Waals surface area contributed by atoms with Gasteiger partial charge < -0.3 is 14.7 Å². The van der Waals surface area contributed by atoms with Crippen molar-refractivity contribution >= 4 is 0 Å². The first-order valence-electron chi connectivity index (χ1n) is 13.2. The molecule has 2 fully saturated rings. The van der Waals surface area contributed by atoms with Crippen LogP contribution in [0.4, 0.5) is 0 Å². The molecule has 1 N–H and O–H groups in total. The maximum absolute atomic E-state index is 11.0. The van der Waals surface area contributed by atoms with Gasteiger partial charge in [-0.15, -0.1) is 0 Å². The summed E-state index contributed by atoms with van der Waals surface area (Å²) in [6.45, 7) is 12.6. The van der Waals surface area contributed by atoms with E-state index in [9.17, 15) is 5.11 Å². The van der Waals surface area contributed by atoms with Crippen LogP contribution in [-0.4, -0.2) is 54.2 Å². The molecule has 4 rings (SSSR count). The molecule has 2 saturated heterocycles. The summed E-state index contributed by atoms with van der Waals surface area (Å²) in [6.07, 6.45) is 4.24. The number of aliphatic hydroxyl groups excluding tert-OH is 1. The maximum atomic E-state index is 11.0. The molecule has 4 heteroatoms. The lowest BCUT2D eigenvalue weighted by molar-refractivity contribution is 0.0455. The van der Waals surface area contributed by atoms with E-state index >= 15 is 0 Å². The van der Waals surface area contributed by atoms with E-state index in [-0.39, 0.29) is 11.5 Å². The van der Waals surface area contributed by atoms with Gasteiger partial charge in [-0.05, 0) is 86.8 Å². The number of likely N-dealkylation sites (tertiary alicyclic amines) is 2. The van der Waals surface area contributed by atoms with Gasteiger partial charge in [0.25, 0.3) is 0 Å². The minimum atomic E-state index is -0.173. The largest absolute Gasteiger partial charge is 0.489 e. The number of benzene rings is 2. The number of hydrogen-bond acceptors (Lipinski definition) is 4. The van der Waals surface area contributed by atoms with Crippen LogP contribution in [-0.2, 0) is 18.6 Å². The van der Waals surface area contributed by atoms with Crippen molar-refractivity contribution in [3.8, 4) is 5.75 Å². The standard InChI is InChI=1S/C30H44N2O2/c1-30(2,3)26-10-11-29(34-22-23-8-6-5-7-9-23)25(20-26)21-32-18-14-27(28(33)15-19-32)24-12-16-31(4)17-13-24/h5-11,20,24,27-28,33H,12-19,21-22H2,1-4H3/t27?,28-/m0/s1. The molecule has 2 aliphatic heterocycles. The van der Waals surface area contributed by atoms with Crippen molar-refractivity contribution in [3.05, 3.63) is 65.2 Å². The van der Waals surface area contributed by atoms with Crippen LogP contribution in [0.3, 0.4) is 0 Å². The van der Waals surface area contributed by atoms with E-state index in [1.807, 2.05) is 6.07 Å². The smallest absolute Gasteiger partial charge is 0.124 e. The zero-order valence-electron chi connectivity index (χ0n) is 21.7. The molecule has 2 aliphatic rings. The van der Waals surface area contributed by atoms with E-state index < -0.39 is 0 Å². The number of piperidine rings is 1. The fourth-order valence-corrected chi connectivity index (χ4v) is 5.62. The van der Waals surface area contributed by atoms with E-state index in [4.69, 9.17) is 4.74 Å². The summed E-state index contributed by atoms with van der Waals surface area (Å²) in [6, 6.07) is 17.1. The highest BCUT2D eigenvalue weighted by molar-refractivity contribution is 5.40. The Morgan fingerprint density at radius 1 is 0.912 bits per heavy atom. The lowest BCUT2D eigenvalue weighted by atomic mass is 9.79. The van der Waals surface area contributed by atoms with E-state index in [1.165, 1.54) is 42.6 Å². The third-order valence-electron chi connectivity index (χ3n) is 7.94. The summed E-state index contributed by atoms with van der Waals surface area (Å²) in [5.41, 5.74) is 3.89. The number of nitrogens with zero attached hydrogens (tertiary/aromatic N) is 2. The van der Waals surface area contributed by atoms with Gasteiger partial charge in [-0.1, -0.05) is 63.2 Å². The molecular formula is C30H44N2O2. The molecular weight excluding hydrogens is 420 g/mol. The number of hydrogen-bond donors (Lipinski definition) is 1. The second-order valence-corrected chi connectivity index (χ2v) is 11.6. The Kier molecular flexibility index (Phi) is 8.34. The summed E-state index contributed by atoms with van der Waals surface area (Å²) in [5, 5.41) is 11.0.